The van der Waals surface area contributed by atoms with Gasteiger partial charge in [-0.2, -0.15) is 11.8 Å². The maximum atomic E-state index is 9.40. The Labute approximate surface area is 112 Å². The van der Waals surface area contributed by atoms with Gasteiger partial charge in [0, 0.05) is 24.8 Å². The molecule has 0 fully saturated rings. The van der Waals surface area contributed by atoms with Gasteiger partial charge in [-0.1, -0.05) is 32.1 Å². The summed E-state index contributed by atoms with van der Waals surface area (Å²) in [5, 5.41) is 10.4. The highest BCUT2D eigenvalue weighted by atomic mass is 32.2. The first-order chi connectivity index (χ1) is 7.90. The van der Waals surface area contributed by atoms with E-state index in [0.717, 1.165) is 28.0 Å². The molecule has 0 saturated carbocycles. The molecule has 98 valence electrons. The summed E-state index contributed by atoms with van der Waals surface area (Å²) in [6.07, 6.45) is 2.11. The minimum absolute atomic E-state index is 0.00679. The molecule has 1 rings (SSSR count). The van der Waals surface area contributed by atoms with Gasteiger partial charge in [-0.25, -0.2) is 4.98 Å². The van der Waals surface area contributed by atoms with Crippen molar-refractivity contribution in [1.29, 1.82) is 0 Å². The first kappa shape index (κ1) is 14.8. The number of aliphatic hydroxyl groups is 1. The molecule has 0 saturated heterocycles. The lowest BCUT2D eigenvalue weighted by molar-refractivity contribution is 0.282. The van der Waals surface area contributed by atoms with Crippen molar-refractivity contribution < 1.29 is 5.11 Å². The van der Waals surface area contributed by atoms with Crippen LogP contribution in [0.3, 0.4) is 0 Å². The van der Waals surface area contributed by atoms with E-state index in [9.17, 15) is 5.11 Å². The maximum absolute atomic E-state index is 9.40. The second-order valence-electron chi connectivity index (χ2n) is 5.09. The van der Waals surface area contributed by atoms with Crippen LogP contribution in [-0.2, 0) is 12.0 Å². The predicted octanol–water partition coefficient (Wildman–Crippen LogP) is 2.73. The third kappa shape index (κ3) is 3.86. The van der Waals surface area contributed by atoms with Crippen molar-refractivity contribution in [1.82, 2.24) is 4.98 Å². The number of thioether (sulfide) groups is 1. The zero-order valence-electron chi connectivity index (χ0n) is 11.3. The standard InChI is InChI=1S/C12H22N2OS2/c1-12(2,3)10-9(8-15)17-11(13-10)14(4)6-7-16-5/h15H,6-8H2,1-5H3. The number of anilines is 1. The van der Waals surface area contributed by atoms with E-state index in [1.165, 1.54) is 0 Å². The highest BCUT2D eigenvalue weighted by Gasteiger charge is 2.23. The number of hydrogen-bond donors (Lipinski definition) is 1. The van der Waals surface area contributed by atoms with Gasteiger partial charge in [0.25, 0.3) is 0 Å². The molecule has 5 heteroatoms. The zero-order valence-corrected chi connectivity index (χ0v) is 12.9. The highest BCUT2D eigenvalue weighted by Crippen LogP contribution is 2.33. The fourth-order valence-electron chi connectivity index (χ4n) is 1.52. The van der Waals surface area contributed by atoms with E-state index in [-0.39, 0.29) is 12.0 Å². The summed E-state index contributed by atoms with van der Waals surface area (Å²) >= 11 is 3.43. The molecule has 0 atom stereocenters. The van der Waals surface area contributed by atoms with E-state index in [0.29, 0.717) is 0 Å². The molecular formula is C12H22N2OS2. The van der Waals surface area contributed by atoms with Gasteiger partial charge < -0.3 is 10.0 Å². The third-order valence-electron chi connectivity index (χ3n) is 2.50. The van der Waals surface area contributed by atoms with Crippen LogP contribution in [0.25, 0.3) is 0 Å². The Morgan fingerprint density at radius 1 is 1.41 bits per heavy atom. The van der Waals surface area contributed by atoms with Gasteiger partial charge in [-0.3, -0.25) is 0 Å². The molecule has 0 aliphatic heterocycles. The van der Waals surface area contributed by atoms with Crippen LogP contribution in [0.4, 0.5) is 5.13 Å². The summed E-state index contributed by atoms with van der Waals surface area (Å²) < 4.78 is 0. The number of aromatic nitrogens is 1. The number of thiazole rings is 1. The lowest BCUT2D eigenvalue weighted by Crippen LogP contribution is -2.20. The first-order valence-corrected chi connectivity index (χ1v) is 7.92. The molecule has 0 aromatic carbocycles. The van der Waals surface area contributed by atoms with Crippen LogP contribution in [-0.4, -0.2) is 35.7 Å². The lowest BCUT2D eigenvalue weighted by Gasteiger charge is -2.17. The van der Waals surface area contributed by atoms with Crippen LogP contribution in [0.15, 0.2) is 0 Å². The Balaban J connectivity index is 2.92. The van der Waals surface area contributed by atoms with E-state index in [1.54, 1.807) is 11.3 Å². The summed E-state index contributed by atoms with van der Waals surface area (Å²) in [5.41, 5.74) is 1.02. The minimum Gasteiger partial charge on any atom is -0.391 e. The number of nitrogens with zero attached hydrogens (tertiary/aromatic N) is 2. The second kappa shape index (κ2) is 6.07. The maximum Gasteiger partial charge on any atom is 0.185 e. The first-order valence-electron chi connectivity index (χ1n) is 5.71. The normalized spacial score (nSPS) is 11.9. The fourth-order valence-corrected chi connectivity index (χ4v) is 3.09. The van der Waals surface area contributed by atoms with Crippen LogP contribution in [0, 0.1) is 0 Å². The lowest BCUT2D eigenvalue weighted by atomic mass is 9.91. The van der Waals surface area contributed by atoms with E-state index < -0.39 is 0 Å². The quantitative estimate of drug-likeness (QED) is 0.895. The van der Waals surface area contributed by atoms with Crippen LogP contribution in [0.1, 0.15) is 31.3 Å². The third-order valence-corrected chi connectivity index (χ3v) is 4.24. The summed E-state index contributed by atoms with van der Waals surface area (Å²) in [6.45, 7) is 7.47. The van der Waals surface area contributed by atoms with Crippen molar-refractivity contribution in [3.05, 3.63) is 10.6 Å². The molecule has 0 bridgehead atoms. The van der Waals surface area contributed by atoms with Crippen LogP contribution in [0.5, 0.6) is 0 Å². The van der Waals surface area contributed by atoms with Crippen LogP contribution in [0.2, 0.25) is 0 Å². The van der Waals surface area contributed by atoms with Gasteiger partial charge in [-0.15, -0.1) is 0 Å². The smallest absolute Gasteiger partial charge is 0.185 e. The Morgan fingerprint density at radius 2 is 2.06 bits per heavy atom. The molecule has 3 nitrogen and oxygen atoms in total. The predicted molar refractivity (Wildman–Crippen MR) is 78.4 cm³/mol. The molecule has 0 spiro atoms. The van der Waals surface area contributed by atoms with Crippen LogP contribution < -0.4 is 4.90 Å². The molecule has 0 radical (unpaired) electrons. The number of hydrogen-bond acceptors (Lipinski definition) is 5. The molecular weight excluding hydrogens is 252 g/mol. The van der Waals surface area contributed by atoms with Gasteiger partial charge in [0.1, 0.15) is 0 Å². The van der Waals surface area contributed by atoms with Crippen molar-refractivity contribution in [3.8, 4) is 0 Å². The molecule has 1 aromatic heterocycles. The van der Waals surface area contributed by atoms with E-state index in [4.69, 9.17) is 0 Å². The minimum atomic E-state index is -0.00679. The monoisotopic (exact) mass is 274 g/mol. The number of aliphatic hydroxyl groups excluding tert-OH is 1. The molecule has 1 N–H and O–H groups in total. The number of rotatable bonds is 5. The summed E-state index contributed by atoms with van der Waals surface area (Å²) in [4.78, 5) is 7.83. The second-order valence-corrected chi connectivity index (χ2v) is 7.14. The molecule has 0 unspecified atom stereocenters. The summed E-state index contributed by atoms with van der Waals surface area (Å²) in [7, 11) is 2.06. The van der Waals surface area contributed by atoms with Gasteiger partial charge in [0.05, 0.1) is 17.2 Å². The molecule has 0 amide bonds. The average Bonchev–Trinajstić information content (AvgIpc) is 2.69. The Bertz CT molecular complexity index is 358. The van der Waals surface area contributed by atoms with Crippen LogP contribution >= 0.6 is 23.1 Å². The molecule has 0 aliphatic carbocycles. The molecule has 1 heterocycles. The van der Waals surface area contributed by atoms with Crippen molar-refractivity contribution in [3.63, 3.8) is 0 Å². The topological polar surface area (TPSA) is 36.4 Å². The fraction of sp³-hybridized carbons (Fsp3) is 0.750. The average molecular weight is 274 g/mol. The Kier molecular flexibility index (Phi) is 5.28. The van der Waals surface area contributed by atoms with Gasteiger partial charge in [0.15, 0.2) is 5.13 Å². The van der Waals surface area contributed by atoms with Gasteiger partial charge >= 0.3 is 0 Å². The van der Waals surface area contributed by atoms with Gasteiger partial charge in [-0.05, 0) is 6.26 Å². The van der Waals surface area contributed by atoms with Gasteiger partial charge in [0.2, 0.25) is 0 Å². The zero-order chi connectivity index (χ0) is 13.1. The molecule has 0 aliphatic rings. The molecule has 1 aromatic rings. The van der Waals surface area contributed by atoms with E-state index in [2.05, 4.69) is 44.0 Å². The van der Waals surface area contributed by atoms with Crippen molar-refractivity contribution >= 4 is 28.2 Å². The Morgan fingerprint density at radius 3 is 2.47 bits per heavy atom. The highest BCUT2D eigenvalue weighted by molar-refractivity contribution is 7.98. The van der Waals surface area contributed by atoms with Crippen molar-refractivity contribution in [2.24, 2.45) is 0 Å². The van der Waals surface area contributed by atoms with Crippen molar-refractivity contribution in [2.75, 3.05) is 30.5 Å². The largest absolute Gasteiger partial charge is 0.391 e. The van der Waals surface area contributed by atoms with E-state index in [1.807, 2.05) is 11.8 Å². The molecule has 17 heavy (non-hydrogen) atoms. The summed E-state index contributed by atoms with van der Waals surface area (Å²) in [5.74, 6) is 1.09. The van der Waals surface area contributed by atoms with Crippen molar-refractivity contribution in [2.45, 2.75) is 32.8 Å². The Hall–Kier alpha value is -0.260. The van der Waals surface area contributed by atoms with E-state index >= 15 is 0 Å². The SMILES string of the molecule is CSCCN(C)c1nc(C(C)(C)C)c(CO)s1. The summed E-state index contributed by atoms with van der Waals surface area (Å²) in [6, 6.07) is 0.